The minimum Gasteiger partial charge on any atom is -0.469 e. The molecule has 1 N–H and O–H groups in total. The van der Waals surface area contributed by atoms with Crippen LogP contribution in [-0.2, 0) is 29.2 Å². The van der Waals surface area contributed by atoms with Crippen molar-refractivity contribution in [1.29, 1.82) is 0 Å². The first-order chi connectivity index (χ1) is 14.1. The van der Waals surface area contributed by atoms with E-state index in [4.69, 9.17) is 5.11 Å². The second kappa shape index (κ2) is 13.0. The number of sulfone groups is 2. The molecule has 2 saturated carbocycles. The van der Waals surface area contributed by atoms with Crippen LogP contribution >= 0.6 is 0 Å². The molecule has 0 bridgehead atoms. The monoisotopic (exact) mass is 468 g/mol. The van der Waals surface area contributed by atoms with Crippen molar-refractivity contribution < 1.29 is 31.5 Å². The normalized spacial score (nSPS) is 27.6. The molecule has 30 heavy (non-hydrogen) atoms. The SMILES string of the molecule is CCS(=O)(=O)CC1CCC(C(=O)OC)CC1.CCS(=O)(=O)CC1CCC(CO)CC1. The van der Waals surface area contributed by atoms with Crippen molar-refractivity contribution >= 4 is 25.6 Å². The molecule has 9 heteroatoms. The second-order valence-corrected chi connectivity index (χ2v) is 13.5. The summed E-state index contributed by atoms with van der Waals surface area (Å²) in [6, 6.07) is 0. The number of esters is 1. The molecule has 0 heterocycles. The van der Waals surface area contributed by atoms with E-state index in [0.29, 0.717) is 17.6 Å². The van der Waals surface area contributed by atoms with Gasteiger partial charge in [0.05, 0.1) is 24.5 Å². The van der Waals surface area contributed by atoms with E-state index in [0.717, 1.165) is 51.4 Å². The topological polar surface area (TPSA) is 115 Å². The summed E-state index contributed by atoms with van der Waals surface area (Å²) in [6.07, 6.45) is 7.06. The average Bonchev–Trinajstić information content (AvgIpc) is 2.74. The minimum absolute atomic E-state index is 0.0226. The lowest BCUT2D eigenvalue weighted by atomic mass is 9.83. The van der Waals surface area contributed by atoms with E-state index in [1.165, 1.54) is 7.11 Å². The summed E-state index contributed by atoms with van der Waals surface area (Å²) in [5.41, 5.74) is 0. The predicted molar refractivity (Wildman–Crippen MR) is 119 cm³/mol. The van der Waals surface area contributed by atoms with Crippen molar-refractivity contribution in [2.45, 2.75) is 65.2 Å². The zero-order valence-electron chi connectivity index (χ0n) is 18.7. The molecule has 0 aromatic heterocycles. The van der Waals surface area contributed by atoms with Crippen LogP contribution in [-0.4, -0.2) is 64.6 Å². The fourth-order valence-corrected chi connectivity index (χ4v) is 6.84. The molecule has 0 amide bonds. The maximum absolute atomic E-state index is 11.4. The highest BCUT2D eigenvalue weighted by Gasteiger charge is 2.29. The third kappa shape index (κ3) is 10.1. The summed E-state index contributed by atoms with van der Waals surface area (Å²) in [4.78, 5) is 11.3. The molecular weight excluding hydrogens is 428 g/mol. The molecule has 2 aliphatic rings. The summed E-state index contributed by atoms with van der Waals surface area (Å²) in [7, 11) is -4.29. The maximum atomic E-state index is 11.4. The van der Waals surface area contributed by atoms with Gasteiger partial charge in [-0.3, -0.25) is 4.79 Å². The van der Waals surface area contributed by atoms with Crippen molar-refractivity contribution in [2.24, 2.45) is 23.7 Å². The van der Waals surface area contributed by atoms with Crippen molar-refractivity contribution in [2.75, 3.05) is 36.7 Å². The molecule has 0 radical (unpaired) electrons. The Bertz CT molecular complexity index is 700. The number of methoxy groups -OCH3 is 1. The van der Waals surface area contributed by atoms with Crippen LogP contribution in [0.5, 0.6) is 0 Å². The molecule has 2 aliphatic carbocycles. The molecule has 7 nitrogen and oxygen atoms in total. The number of hydrogen-bond donors (Lipinski definition) is 1. The Labute approximate surface area is 182 Å². The van der Waals surface area contributed by atoms with Crippen LogP contribution in [0.25, 0.3) is 0 Å². The van der Waals surface area contributed by atoms with Gasteiger partial charge in [-0.05, 0) is 69.1 Å². The molecule has 0 unspecified atom stereocenters. The first-order valence-corrected chi connectivity index (χ1v) is 14.8. The van der Waals surface area contributed by atoms with Gasteiger partial charge >= 0.3 is 5.97 Å². The fraction of sp³-hybridized carbons (Fsp3) is 0.952. The summed E-state index contributed by atoms with van der Waals surface area (Å²) >= 11 is 0. The lowest BCUT2D eigenvalue weighted by Gasteiger charge is -2.26. The van der Waals surface area contributed by atoms with Crippen LogP contribution in [0, 0.1) is 23.7 Å². The highest BCUT2D eigenvalue weighted by molar-refractivity contribution is 7.91. The Morgan fingerprint density at radius 3 is 1.47 bits per heavy atom. The third-order valence-corrected chi connectivity index (χ3v) is 10.2. The fourth-order valence-electron chi connectivity index (χ4n) is 4.27. The molecule has 0 aliphatic heterocycles. The number of aliphatic hydroxyl groups excluding tert-OH is 1. The molecule has 0 aromatic carbocycles. The molecule has 0 saturated heterocycles. The second-order valence-electron chi connectivity index (χ2n) is 8.71. The quantitative estimate of drug-likeness (QED) is 0.545. The van der Waals surface area contributed by atoms with Gasteiger partial charge in [0.15, 0.2) is 0 Å². The molecule has 2 rings (SSSR count). The summed E-state index contributed by atoms with van der Waals surface area (Å²) < 4.78 is 50.3. The molecule has 0 spiro atoms. The number of aliphatic hydroxyl groups is 1. The highest BCUT2D eigenvalue weighted by atomic mass is 32.2. The van der Waals surface area contributed by atoms with E-state index >= 15 is 0 Å². The smallest absolute Gasteiger partial charge is 0.308 e. The van der Waals surface area contributed by atoms with Crippen LogP contribution in [0.2, 0.25) is 0 Å². The first-order valence-electron chi connectivity index (χ1n) is 11.1. The van der Waals surface area contributed by atoms with Crippen molar-refractivity contribution in [3.63, 3.8) is 0 Å². The molecular formula is C21H40O7S2. The zero-order chi connectivity index (χ0) is 22.8. The number of carbonyl (C=O) groups excluding carboxylic acids is 1. The van der Waals surface area contributed by atoms with Crippen LogP contribution in [0.1, 0.15) is 65.2 Å². The van der Waals surface area contributed by atoms with Gasteiger partial charge in [0, 0.05) is 18.1 Å². The van der Waals surface area contributed by atoms with Gasteiger partial charge in [-0.15, -0.1) is 0 Å². The van der Waals surface area contributed by atoms with Gasteiger partial charge in [-0.2, -0.15) is 0 Å². The summed E-state index contributed by atoms with van der Waals surface area (Å²) in [6.45, 7) is 3.64. The number of rotatable bonds is 8. The Balaban J connectivity index is 0.000000303. The van der Waals surface area contributed by atoms with E-state index in [-0.39, 0.29) is 41.7 Å². The highest BCUT2D eigenvalue weighted by Crippen LogP contribution is 2.31. The summed E-state index contributed by atoms with van der Waals surface area (Å²) in [5.74, 6) is 1.89. The van der Waals surface area contributed by atoms with E-state index in [9.17, 15) is 21.6 Å². The van der Waals surface area contributed by atoms with Gasteiger partial charge in [-0.25, -0.2) is 16.8 Å². The van der Waals surface area contributed by atoms with Crippen LogP contribution in [0.3, 0.4) is 0 Å². The van der Waals surface area contributed by atoms with Crippen molar-refractivity contribution in [3.05, 3.63) is 0 Å². The first kappa shape index (κ1) is 27.4. The largest absolute Gasteiger partial charge is 0.469 e. The van der Waals surface area contributed by atoms with Crippen LogP contribution in [0.4, 0.5) is 0 Å². The standard InChI is InChI=1S/C11H20O4S.C10H20O3S/c1-3-16(13,14)8-9-4-6-10(7-5-9)11(12)15-2;1-2-14(12,13)8-10-5-3-9(7-11)4-6-10/h9-10H,3-8H2,1-2H3;9-11H,2-8H2,1H3. The van der Waals surface area contributed by atoms with E-state index < -0.39 is 19.7 Å². The Morgan fingerprint density at radius 2 is 1.13 bits per heavy atom. The zero-order valence-corrected chi connectivity index (χ0v) is 20.3. The maximum Gasteiger partial charge on any atom is 0.308 e. The lowest BCUT2D eigenvalue weighted by Crippen LogP contribution is -2.27. The lowest BCUT2D eigenvalue weighted by molar-refractivity contribution is -0.146. The van der Waals surface area contributed by atoms with Gasteiger partial charge in [0.25, 0.3) is 0 Å². The van der Waals surface area contributed by atoms with Gasteiger partial charge < -0.3 is 9.84 Å². The Hall–Kier alpha value is -0.670. The Kier molecular flexibility index (Phi) is 11.9. The molecule has 0 aromatic rings. The summed E-state index contributed by atoms with van der Waals surface area (Å²) in [5, 5.41) is 8.94. The predicted octanol–water partition coefficient (Wildman–Crippen LogP) is 2.62. The average molecular weight is 469 g/mol. The van der Waals surface area contributed by atoms with Gasteiger partial charge in [-0.1, -0.05) is 13.8 Å². The third-order valence-electron chi connectivity index (χ3n) is 6.46. The van der Waals surface area contributed by atoms with E-state index in [1.807, 2.05) is 0 Å². The van der Waals surface area contributed by atoms with Crippen LogP contribution < -0.4 is 0 Å². The minimum atomic E-state index is -2.88. The van der Waals surface area contributed by atoms with E-state index in [1.54, 1.807) is 13.8 Å². The molecule has 2 fully saturated rings. The van der Waals surface area contributed by atoms with E-state index in [2.05, 4.69) is 4.74 Å². The van der Waals surface area contributed by atoms with Gasteiger partial charge in [0.1, 0.15) is 19.7 Å². The number of ether oxygens (including phenoxy) is 1. The van der Waals surface area contributed by atoms with Crippen molar-refractivity contribution in [3.8, 4) is 0 Å². The van der Waals surface area contributed by atoms with Gasteiger partial charge in [0.2, 0.25) is 0 Å². The molecule has 0 atom stereocenters. The number of carbonyl (C=O) groups is 1. The number of hydrogen-bond acceptors (Lipinski definition) is 7. The Morgan fingerprint density at radius 1 is 0.767 bits per heavy atom. The van der Waals surface area contributed by atoms with Crippen LogP contribution in [0.15, 0.2) is 0 Å². The molecule has 178 valence electrons. The van der Waals surface area contributed by atoms with Crippen molar-refractivity contribution in [1.82, 2.24) is 0 Å².